The van der Waals surface area contributed by atoms with E-state index in [1.807, 2.05) is 4.90 Å². The van der Waals surface area contributed by atoms with Crippen LogP contribution in [-0.2, 0) is 4.79 Å². The summed E-state index contributed by atoms with van der Waals surface area (Å²) >= 11 is 0. The maximum absolute atomic E-state index is 12.6. The number of likely N-dealkylation sites (tertiary alicyclic amines) is 2. The first-order chi connectivity index (χ1) is 12.2. The van der Waals surface area contributed by atoms with Gasteiger partial charge in [0.15, 0.2) is 0 Å². The molecule has 7 nitrogen and oxygen atoms in total. The molecule has 3 rings (SSSR count). The van der Waals surface area contributed by atoms with Gasteiger partial charge in [0, 0.05) is 39.3 Å². The molecule has 1 unspecified atom stereocenters. The van der Waals surface area contributed by atoms with Crippen molar-refractivity contribution in [2.45, 2.75) is 44.7 Å². The fraction of sp³-hybridized carbons (Fsp3) is 0.842. The molecule has 3 amide bonds. The van der Waals surface area contributed by atoms with Gasteiger partial charge in [-0.15, -0.1) is 0 Å². The van der Waals surface area contributed by atoms with E-state index in [1.54, 1.807) is 23.9 Å². The zero-order valence-corrected chi connectivity index (χ0v) is 16.4. The lowest BCUT2D eigenvalue weighted by molar-refractivity contribution is -0.130. The first-order valence-corrected chi connectivity index (χ1v) is 9.63. The molecule has 5 atom stereocenters. The number of nitriles is 1. The Labute approximate surface area is 156 Å². The minimum atomic E-state index is -0.277. The number of hydrogen-bond acceptors (Lipinski definition) is 4. The maximum Gasteiger partial charge on any atom is 0.319 e. The van der Waals surface area contributed by atoms with Gasteiger partial charge in [-0.25, -0.2) is 4.79 Å². The molecule has 0 radical (unpaired) electrons. The van der Waals surface area contributed by atoms with Gasteiger partial charge in [-0.2, -0.15) is 5.26 Å². The summed E-state index contributed by atoms with van der Waals surface area (Å²) in [5.74, 6) is 1.43. The van der Waals surface area contributed by atoms with Crippen molar-refractivity contribution in [1.82, 2.24) is 20.0 Å². The number of fused-ring (bicyclic) bond motifs is 1. The van der Waals surface area contributed by atoms with Gasteiger partial charge in [-0.1, -0.05) is 6.92 Å². The van der Waals surface area contributed by atoms with Crippen LogP contribution in [0.15, 0.2) is 0 Å². The topological polar surface area (TPSA) is 79.7 Å². The van der Waals surface area contributed by atoms with Crippen LogP contribution in [0, 0.1) is 29.1 Å². The highest BCUT2D eigenvalue weighted by molar-refractivity contribution is 5.79. The number of hydrogen-bond donors (Lipinski definition) is 1. The van der Waals surface area contributed by atoms with E-state index >= 15 is 0 Å². The SMILES string of the molecule is C[C@H]1C[C@@H](C#N)N(C(=O)CNC2(C)C[C@H]3CN(C(=O)N(C)C)C[C@H]3C2)C1. The molecular weight excluding hydrogens is 330 g/mol. The third-order valence-corrected chi connectivity index (χ3v) is 6.30. The van der Waals surface area contributed by atoms with Crippen molar-refractivity contribution < 1.29 is 9.59 Å². The molecule has 2 saturated heterocycles. The zero-order valence-electron chi connectivity index (χ0n) is 16.4. The van der Waals surface area contributed by atoms with Gasteiger partial charge in [-0.05, 0) is 43.9 Å². The number of carbonyl (C=O) groups excluding carboxylic acids is 2. The number of nitrogens with zero attached hydrogens (tertiary/aromatic N) is 4. The standard InChI is InChI=1S/C19H31N5O2/c1-13-5-16(8-20)24(10-13)17(25)9-21-19(2)6-14-11-23(12-15(14)7-19)18(26)22(3)4/h13-16,21H,5-7,9-12H2,1-4H3/t13-,14-,15+,16-,19?/m0/s1. The summed E-state index contributed by atoms with van der Waals surface area (Å²) < 4.78 is 0. The van der Waals surface area contributed by atoms with Crippen LogP contribution in [0.3, 0.4) is 0 Å². The van der Waals surface area contributed by atoms with E-state index in [0.29, 0.717) is 30.8 Å². The summed E-state index contributed by atoms with van der Waals surface area (Å²) in [6, 6.07) is 2.07. The second kappa shape index (κ2) is 7.07. The number of nitrogens with one attached hydrogen (secondary N) is 1. The Morgan fingerprint density at radius 2 is 1.85 bits per heavy atom. The molecule has 1 saturated carbocycles. The van der Waals surface area contributed by atoms with Crippen LogP contribution in [-0.4, -0.2) is 78.5 Å². The van der Waals surface area contributed by atoms with Crippen LogP contribution in [0.1, 0.15) is 33.1 Å². The van der Waals surface area contributed by atoms with Crippen molar-refractivity contribution in [3.05, 3.63) is 0 Å². The second-order valence-electron chi connectivity index (χ2n) is 8.96. The molecule has 0 aromatic rings. The van der Waals surface area contributed by atoms with Crippen molar-refractivity contribution in [2.75, 3.05) is 40.3 Å². The van der Waals surface area contributed by atoms with Crippen LogP contribution in [0.5, 0.6) is 0 Å². The Hall–Kier alpha value is -1.81. The van der Waals surface area contributed by atoms with E-state index in [2.05, 4.69) is 25.2 Å². The quantitative estimate of drug-likeness (QED) is 0.817. The van der Waals surface area contributed by atoms with E-state index in [0.717, 1.165) is 32.4 Å². The summed E-state index contributed by atoms with van der Waals surface area (Å²) in [5, 5.41) is 12.7. The average molecular weight is 361 g/mol. The summed E-state index contributed by atoms with van der Waals surface area (Å²) in [6.45, 7) is 6.87. The Morgan fingerprint density at radius 1 is 1.23 bits per heavy atom. The number of carbonyl (C=O) groups is 2. The molecule has 0 spiro atoms. The van der Waals surface area contributed by atoms with Crippen LogP contribution < -0.4 is 5.32 Å². The van der Waals surface area contributed by atoms with Gasteiger partial charge >= 0.3 is 6.03 Å². The lowest BCUT2D eigenvalue weighted by Crippen LogP contribution is -2.49. The van der Waals surface area contributed by atoms with Crippen LogP contribution in [0.4, 0.5) is 4.79 Å². The molecule has 0 bridgehead atoms. The van der Waals surface area contributed by atoms with Crippen LogP contribution in [0.2, 0.25) is 0 Å². The van der Waals surface area contributed by atoms with Crippen LogP contribution >= 0.6 is 0 Å². The minimum absolute atomic E-state index is 0.0311. The largest absolute Gasteiger partial charge is 0.331 e. The van der Waals surface area contributed by atoms with Crippen molar-refractivity contribution in [2.24, 2.45) is 17.8 Å². The van der Waals surface area contributed by atoms with Gasteiger partial charge in [0.2, 0.25) is 5.91 Å². The van der Waals surface area contributed by atoms with E-state index in [1.165, 1.54) is 0 Å². The summed E-state index contributed by atoms with van der Waals surface area (Å²) in [6.07, 6.45) is 2.75. The monoisotopic (exact) mass is 361 g/mol. The molecule has 2 aliphatic heterocycles. The molecule has 26 heavy (non-hydrogen) atoms. The highest BCUT2D eigenvalue weighted by Gasteiger charge is 2.48. The van der Waals surface area contributed by atoms with Gasteiger partial charge in [-0.3, -0.25) is 4.79 Å². The molecule has 3 aliphatic rings. The summed E-state index contributed by atoms with van der Waals surface area (Å²) in [5.41, 5.74) is -0.0638. The molecule has 1 aliphatic carbocycles. The lowest BCUT2D eigenvalue weighted by Gasteiger charge is -2.30. The third-order valence-electron chi connectivity index (χ3n) is 6.30. The average Bonchev–Trinajstić information content (AvgIpc) is 3.22. The highest BCUT2D eigenvalue weighted by atomic mass is 16.2. The van der Waals surface area contributed by atoms with E-state index < -0.39 is 0 Å². The van der Waals surface area contributed by atoms with Gasteiger partial charge in [0.1, 0.15) is 6.04 Å². The number of urea groups is 1. The molecule has 2 heterocycles. The van der Waals surface area contributed by atoms with Gasteiger partial charge in [0.25, 0.3) is 0 Å². The van der Waals surface area contributed by atoms with E-state index in [9.17, 15) is 14.9 Å². The van der Waals surface area contributed by atoms with Crippen molar-refractivity contribution in [3.8, 4) is 6.07 Å². The van der Waals surface area contributed by atoms with E-state index in [-0.39, 0.29) is 23.5 Å². The zero-order chi connectivity index (χ0) is 19.1. The Morgan fingerprint density at radius 3 is 2.38 bits per heavy atom. The van der Waals surface area contributed by atoms with Crippen molar-refractivity contribution >= 4 is 11.9 Å². The maximum atomic E-state index is 12.6. The minimum Gasteiger partial charge on any atom is -0.331 e. The summed E-state index contributed by atoms with van der Waals surface area (Å²) in [7, 11) is 3.59. The normalized spacial score (nSPS) is 36.1. The first kappa shape index (κ1) is 19.0. The number of rotatable bonds is 3. The smallest absolute Gasteiger partial charge is 0.319 e. The number of amides is 3. The van der Waals surface area contributed by atoms with Crippen molar-refractivity contribution in [3.63, 3.8) is 0 Å². The van der Waals surface area contributed by atoms with Crippen molar-refractivity contribution in [1.29, 1.82) is 5.26 Å². The summed E-state index contributed by atoms with van der Waals surface area (Å²) in [4.78, 5) is 30.0. The Kier molecular flexibility index (Phi) is 5.16. The highest BCUT2D eigenvalue weighted by Crippen LogP contribution is 2.43. The second-order valence-corrected chi connectivity index (χ2v) is 8.96. The molecule has 0 aromatic carbocycles. The molecule has 3 fully saturated rings. The predicted molar refractivity (Wildman–Crippen MR) is 98.2 cm³/mol. The molecule has 0 aromatic heterocycles. The fourth-order valence-corrected chi connectivity index (χ4v) is 5.06. The van der Waals surface area contributed by atoms with Gasteiger partial charge in [0.05, 0.1) is 12.6 Å². The predicted octanol–water partition coefficient (Wildman–Crippen LogP) is 1.12. The molecule has 144 valence electrons. The van der Waals surface area contributed by atoms with Gasteiger partial charge < -0.3 is 20.0 Å². The first-order valence-electron chi connectivity index (χ1n) is 9.63. The molecular formula is C19H31N5O2. The van der Waals surface area contributed by atoms with E-state index in [4.69, 9.17) is 0 Å². The molecule has 1 N–H and O–H groups in total. The van der Waals surface area contributed by atoms with Crippen LogP contribution in [0.25, 0.3) is 0 Å². The Bertz CT molecular complexity index is 600. The molecule has 7 heteroatoms. The Balaban J connectivity index is 1.51. The fourth-order valence-electron chi connectivity index (χ4n) is 5.06. The third kappa shape index (κ3) is 3.66. The lowest BCUT2D eigenvalue weighted by atomic mass is 9.98.